The quantitative estimate of drug-likeness (QED) is 0.914. The molecule has 1 saturated heterocycles. The summed E-state index contributed by atoms with van der Waals surface area (Å²) in [5, 5.41) is 3.49. The largest absolute Gasteiger partial charge is 0.381 e. The third kappa shape index (κ3) is 3.45. The van der Waals surface area contributed by atoms with Crippen LogP contribution in [0.15, 0.2) is 22.7 Å². The predicted molar refractivity (Wildman–Crippen MR) is 77.4 cm³/mol. The lowest BCUT2D eigenvalue weighted by Crippen LogP contribution is -2.39. The molecule has 2 rings (SSSR count). The summed E-state index contributed by atoms with van der Waals surface area (Å²) in [5.41, 5.74) is 0.970. The van der Waals surface area contributed by atoms with Gasteiger partial charge in [0.1, 0.15) is 5.82 Å². The molecule has 1 heterocycles. The number of likely N-dealkylation sites (tertiary alicyclic amines) is 1. The molecule has 2 unspecified atom stereocenters. The molecule has 4 heteroatoms. The maximum Gasteiger partial charge on any atom is 0.124 e. The Morgan fingerprint density at radius 1 is 1.50 bits per heavy atom. The van der Waals surface area contributed by atoms with Gasteiger partial charge in [0.25, 0.3) is 0 Å². The Hall–Kier alpha value is -0.610. The predicted octanol–water partition coefficient (Wildman–Crippen LogP) is 3.73. The van der Waals surface area contributed by atoms with Crippen molar-refractivity contribution in [3.63, 3.8) is 0 Å². The molecule has 0 amide bonds. The smallest absolute Gasteiger partial charge is 0.124 e. The number of nitrogens with one attached hydrogen (secondary N) is 1. The molecule has 1 fully saturated rings. The van der Waals surface area contributed by atoms with Crippen LogP contribution in [0.5, 0.6) is 0 Å². The van der Waals surface area contributed by atoms with Gasteiger partial charge in [-0.25, -0.2) is 4.39 Å². The Labute approximate surface area is 117 Å². The van der Waals surface area contributed by atoms with Crippen LogP contribution in [0.3, 0.4) is 0 Å². The van der Waals surface area contributed by atoms with Gasteiger partial charge in [-0.15, -0.1) is 0 Å². The fourth-order valence-corrected chi connectivity index (χ4v) is 3.05. The highest BCUT2D eigenvalue weighted by molar-refractivity contribution is 9.10. The molecule has 0 saturated carbocycles. The van der Waals surface area contributed by atoms with E-state index in [1.54, 1.807) is 6.07 Å². The first-order valence-electron chi connectivity index (χ1n) is 6.46. The number of hydrogen-bond donors (Lipinski definition) is 1. The summed E-state index contributed by atoms with van der Waals surface area (Å²) in [4.78, 5) is 2.38. The molecule has 1 N–H and O–H groups in total. The lowest BCUT2D eigenvalue weighted by molar-refractivity contribution is 0.197. The molecule has 2 atom stereocenters. The second-order valence-electron chi connectivity index (χ2n) is 5.22. The van der Waals surface area contributed by atoms with Crippen molar-refractivity contribution in [2.24, 2.45) is 5.92 Å². The summed E-state index contributed by atoms with van der Waals surface area (Å²) in [6.07, 6.45) is 2.52. The van der Waals surface area contributed by atoms with Gasteiger partial charge < -0.3 is 10.2 Å². The van der Waals surface area contributed by atoms with Gasteiger partial charge in [0.15, 0.2) is 0 Å². The maximum absolute atomic E-state index is 13.0. The van der Waals surface area contributed by atoms with E-state index in [0.717, 1.165) is 16.7 Å². The van der Waals surface area contributed by atoms with E-state index >= 15 is 0 Å². The molecule has 1 aliphatic rings. The van der Waals surface area contributed by atoms with E-state index in [1.165, 1.54) is 31.5 Å². The molecule has 1 aliphatic heterocycles. The number of hydrogen-bond acceptors (Lipinski definition) is 2. The summed E-state index contributed by atoms with van der Waals surface area (Å²) in [6.45, 7) is 4.54. The third-order valence-electron chi connectivity index (χ3n) is 3.68. The molecule has 0 spiro atoms. The standard InChI is InChI=1S/C14H20BrFN2/c1-10(11-4-3-7-18(2)9-11)17-14-6-5-12(16)8-13(14)15/h5-6,8,10-11,17H,3-4,7,9H2,1-2H3. The van der Waals surface area contributed by atoms with Crippen molar-refractivity contribution in [2.75, 3.05) is 25.5 Å². The normalized spacial score (nSPS) is 22.8. The van der Waals surface area contributed by atoms with Crippen molar-refractivity contribution < 1.29 is 4.39 Å². The van der Waals surface area contributed by atoms with Crippen molar-refractivity contribution in [3.05, 3.63) is 28.5 Å². The van der Waals surface area contributed by atoms with Crippen LogP contribution in [-0.4, -0.2) is 31.1 Å². The van der Waals surface area contributed by atoms with Crippen molar-refractivity contribution in [1.29, 1.82) is 0 Å². The van der Waals surface area contributed by atoms with Gasteiger partial charge in [0, 0.05) is 22.7 Å². The highest BCUT2D eigenvalue weighted by Gasteiger charge is 2.23. The first-order valence-corrected chi connectivity index (χ1v) is 7.25. The molecule has 0 bridgehead atoms. The average Bonchev–Trinajstić information content (AvgIpc) is 2.32. The second kappa shape index (κ2) is 6.02. The van der Waals surface area contributed by atoms with E-state index in [2.05, 4.69) is 40.1 Å². The van der Waals surface area contributed by atoms with Crippen LogP contribution >= 0.6 is 15.9 Å². The van der Waals surface area contributed by atoms with Crippen LogP contribution in [0.4, 0.5) is 10.1 Å². The zero-order valence-electron chi connectivity index (χ0n) is 10.9. The number of nitrogens with zero attached hydrogens (tertiary/aromatic N) is 1. The Bertz CT molecular complexity index is 411. The minimum Gasteiger partial charge on any atom is -0.381 e. The van der Waals surface area contributed by atoms with Crippen LogP contribution in [0.2, 0.25) is 0 Å². The zero-order valence-corrected chi connectivity index (χ0v) is 12.5. The number of halogens is 2. The van der Waals surface area contributed by atoms with Crippen molar-refractivity contribution in [3.8, 4) is 0 Å². The lowest BCUT2D eigenvalue weighted by Gasteiger charge is -2.34. The molecule has 100 valence electrons. The first kappa shape index (κ1) is 13.8. The lowest BCUT2D eigenvalue weighted by atomic mass is 9.92. The van der Waals surface area contributed by atoms with Crippen LogP contribution in [0, 0.1) is 11.7 Å². The van der Waals surface area contributed by atoms with E-state index < -0.39 is 0 Å². The van der Waals surface area contributed by atoms with Crippen molar-refractivity contribution in [1.82, 2.24) is 4.90 Å². The minimum absolute atomic E-state index is 0.211. The maximum atomic E-state index is 13.0. The zero-order chi connectivity index (χ0) is 13.1. The second-order valence-corrected chi connectivity index (χ2v) is 6.08. The molecular weight excluding hydrogens is 295 g/mol. The molecule has 0 aliphatic carbocycles. The Morgan fingerprint density at radius 3 is 2.94 bits per heavy atom. The molecule has 2 nitrogen and oxygen atoms in total. The van der Waals surface area contributed by atoms with Gasteiger partial charge in [0.2, 0.25) is 0 Å². The Morgan fingerprint density at radius 2 is 2.28 bits per heavy atom. The monoisotopic (exact) mass is 314 g/mol. The van der Waals surface area contributed by atoms with Crippen LogP contribution in [-0.2, 0) is 0 Å². The van der Waals surface area contributed by atoms with Crippen LogP contribution in [0.1, 0.15) is 19.8 Å². The van der Waals surface area contributed by atoms with E-state index in [9.17, 15) is 4.39 Å². The molecular formula is C14H20BrFN2. The highest BCUT2D eigenvalue weighted by Crippen LogP contribution is 2.27. The van der Waals surface area contributed by atoms with Crippen molar-refractivity contribution >= 4 is 21.6 Å². The number of anilines is 1. The molecule has 0 radical (unpaired) electrons. The topological polar surface area (TPSA) is 15.3 Å². The van der Waals surface area contributed by atoms with E-state index in [-0.39, 0.29) is 5.82 Å². The summed E-state index contributed by atoms with van der Waals surface area (Å²) >= 11 is 3.40. The van der Waals surface area contributed by atoms with Gasteiger partial charge in [-0.05, 0) is 73.4 Å². The van der Waals surface area contributed by atoms with Gasteiger partial charge in [-0.3, -0.25) is 0 Å². The van der Waals surface area contributed by atoms with E-state index in [0.29, 0.717) is 12.0 Å². The Balaban J connectivity index is 1.99. The van der Waals surface area contributed by atoms with E-state index in [4.69, 9.17) is 0 Å². The molecule has 1 aromatic rings. The number of rotatable bonds is 3. The summed E-state index contributed by atoms with van der Waals surface area (Å²) in [5.74, 6) is 0.443. The fourth-order valence-electron chi connectivity index (χ4n) is 2.58. The molecule has 1 aromatic carbocycles. The molecule has 0 aromatic heterocycles. The number of benzene rings is 1. The summed E-state index contributed by atoms with van der Waals surface area (Å²) < 4.78 is 13.8. The highest BCUT2D eigenvalue weighted by atomic mass is 79.9. The molecule has 18 heavy (non-hydrogen) atoms. The van der Waals surface area contributed by atoms with Gasteiger partial charge >= 0.3 is 0 Å². The van der Waals surface area contributed by atoms with Gasteiger partial charge in [-0.2, -0.15) is 0 Å². The van der Waals surface area contributed by atoms with Gasteiger partial charge in [0.05, 0.1) is 0 Å². The number of piperidine rings is 1. The van der Waals surface area contributed by atoms with Crippen LogP contribution < -0.4 is 5.32 Å². The first-order chi connectivity index (χ1) is 8.56. The van der Waals surface area contributed by atoms with Crippen LogP contribution in [0.25, 0.3) is 0 Å². The summed E-state index contributed by atoms with van der Waals surface area (Å²) in [7, 11) is 2.17. The van der Waals surface area contributed by atoms with Crippen molar-refractivity contribution in [2.45, 2.75) is 25.8 Å². The summed E-state index contributed by atoms with van der Waals surface area (Å²) in [6, 6.07) is 5.19. The average molecular weight is 315 g/mol. The SMILES string of the molecule is CC(Nc1ccc(F)cc1Br)C1CCCN(C)C1. The fraction of sp³-hybridized carbons (Fsp3) is 0.571. The third-order valence-corrected chi connectivity index (χ3v) is 4.34. The Kier molecular flexibility index (Phi) is 4.62. The minimum atomic E-state index is -0.211. The van der Waals surface area contributed by atoms with Gasteiger partial charge in [-0.1, -0.05) is 0 Å². The van der Waals surface area contributed by atoms with E-state index in [1.807, 2.05) is 0 Å².